The van der Waals surface area contributed by atoms with Crippen LogP contribution in [0.15, 0.2) is 0 Å². The van der Waals surface area contributed by atoms with Crippen molar-refractivity contribution in [2.45, 2.75) is 78.2 Å². The van der Waals surface area contributed by atoms with Gasteiger partial charge in [0, 0.05) is 6.61 Å². The third-order valence-electron chi connectivity index (χ3n) is 3.23. The first kappa shape index (κ1) is 14.0. The van der Waals surface area contributed by atoms with E-state index in [-0.39, 0.29) is 5.60 Å². The summed E-state index contributed by atoms with van der Waals surface area (Å²) in [7, 11) is 0. The molecule has 0 aromatic rings. The fourth-order valence-electron chi connectivity index (χ4n) is 2.06. The molecule has 0 aliphatic rings. The van der Waals surface area contributed by atoms with Crippen LogP contribution < -0.4 is 0 Å². The Balaban J connectivity index is 3.82. The quantitative estimate of drug-likeness (QED) is 0.496. The van der Waals surface area contributed by atoms with Gasteiger partial charge in [0.1, 0.15) is 0 Å². The van der Waals surface area contributed by atoms with Crippen molar-refractivity contribution in [3.63, 3.8) is 0 Å². The van der Waals surface area contributed by atoms with Crippen LogP contribution in [-0.4, -0.2) is 12.2 Å². The zero-order valence-corrected chi connectivity index (χ0v) is 10.6. The van der Waals surface area contributed by atoms with Gasteiger partial charge in [-0.15, -0.1) is 0 Å². The first-order valence-corrected chi connectivity index (χ1v) is 6.38. The lowest BCUT2D eigenvalue weighted by atomic mass is 9.90. The van der Waals surface area contributed by atoms with Crippen LogP contribution in [0.5, 0.6) is 0 Å². The fourth-order valence-corrected chi connectivity index (χ4v) is 2.06. The van der Waals surface area contributed by atoms with E-state index in [1.807, 2.05) is 0 Å². The molecule has 1 nitrogen and oxygen atoms in total. The van der Waals surface area contributed by atoms with Gasteiger partial charge >= 0.3 is 0 Å². The highest BCUT2D eigenvalue weighted by atomic mass is 16.5. The molecule has 0 bridgehead atoms. The molecule has 0 saturated heterocycles. The van der Waals surface area contributed by atoms with E-state index in [0.29, 0.717) is 0 Å². The molecule has 1 heteroatoms. The van der Waals surface area contributed by atoms with Crippen molar-refractivity contribution in [2.75, 3.05) is 6.61 Å². The average molecular weight is 200 g/mol. The van der Waals surface area contributed by atoms with Crippen molar-refractivity contribution in [3.8, 4) is 0 Å². The molecular weight excluding hydrogens is 172 g/mol. The molecule has 0 radical (unpaired) electrons. The molecule has 14 heavy (non-hydrogen) atoms. The van der Waals surface area contributed by atoms with E-state index in [2.05, 4.69) is 27.7 Å². The molecule has 0 atom stereocenters. The van der Waals surface area contributed by atoms with Crippen molar-refractivity contribution in [1.29, 1.82) is 0 Å². The highest BCUT2D eigenvalue weighted by molar-refractivity contribution is 4.77. The molecule has 0 aliphatic heterocycles. The fraction of sp³-hybridized carbons (Fsp3) is 1.00. The van der Waals surface area contributed by atoms with Gasteiger partial charge in [0.15, 0.2) is 0 Å². The number of rotatable bonds is 9. The smallest absolute Gasteiger partial charge is 0.0677 e. The molecule has 86 valence electrons. The summed E-state index contributed by atoms with van der Waals surface area (Å²) in [5.41, 5.74) is 0.183. The molecule has 0 aromatic heterocycles. The largest absolute Gasteiger partial charge is 0.375 e. The van der Waals surface area contributed by atoms with Crippen LogP contribution in [0.4, 0.5) is 0 Å². The lowest BCUT2D eigenvalue weighted by Gasteiger charge is -2.31. The molecule has 0 spiro atoms. The molecule has 0 rings (SSSR count). The SMILES string of the molecule is CCCCCCC(CC)(CC)OCC. The van der Waals surface area contributed by atoms with E-state index in [1.165, 1.54) is 32.1 Å². The number of hydrogen-bond donors (Lipinski definition) is 0. The maximum absolute atomic E-state index is 5.91. The van der Waals surface area contributed by atoms with E-state index in [1.54, 1.807) is 0 Å². The second-order valence-corrected chi connectivity index (χ2v) is 4.13. The third-order valence-corrected chi connectivity index (χ3v) is 3.23. The minimum Gasteiger partial charge on any atom is -0.375 e. The van der Waals surface area contributed by atoms with Gasteiger partial charge in [-0.1, -0.05) is 46.5 Å². The Bertz CT molecular complexity index is 116. The first-order chi connectivity index (χ1) is 6.74. The first-order valence-electron chi connectivity index (χ1n) is 6.38. The molecule has 0 N–H and O–H groups in total. The number of hydrogen-bond acceptors (Lipinski definition) is 1. The van der Waals surface area contributed by atoms with E-state index in [4.69, 9.17) is 4.74 Å². The Morgan fingerprint density at radius 1 is 0.857 bits per heavy atom. The maximum atomic E-state index is 5.91. The van der Waals surface area contributed by atoms with Crippen molar-refractivity contribution >= 4 is 0 Å². The van der Waals surface area contributed by atoms with Gasteiger partial charge in [-0.25, -0.2) is 0 Å². The summed E-state index contributed by atoms with van der Waals surface area (Å²) in [6.07, 6.45) is 8.94. The Labute approximate surface area is 90.2 Å². The Hall–Kier alpha value is -0.0400. The molecule has 0 saturated carbocycles. The summed E-state index contributed by atoms with van der Waals surface area (Å²) >= 11 is 0. The zero-order chi connectivity index (χ0) is 10.9. The van der Waals surface area contributed by atoms with Crippen LogP contribution in [-0.2, 0) is 4.74 Å². The van der Waals surface area contributed by atoms with Crippen LogP contribution in [0.25, 0.3) is 0 Å². The standard InChI is InChI=1S/C13H28O/c1-5-9-10-11-12-13(6-2,7-3)14-8-4/h5-12H2,1-4H3. The molecule has 0 aromatic carbocycles. The van der Waals surface area contributed by atoms with E-state index < -0.39 is 0 Å². The normalized spacial score (nSPS) is 12.0. The van der Waals surface area contributed by atoms with Crippen LogP contribution in [0.2, 0.25) is 0 Å². The maximum Gasteiger partial charge on any atom is 0.0677 e. The van der Waals surface area contributed by atoms with Crippen LogP contribution in [0.3, 0.4) is 0 Å². The lowest BCUT2D eigenvalue weighted by Crippen LogP contribution is -2.31. The van der Waals surface area contributed by atoms with Gasteiger partial charge in [0.2, 0.25) is 0 Å². The van der Waals surface area contributed by atoms with Crippen LogP contribution in [0, 0.1) is 0 Å². The van der Waals surface area contributed by atoms with Crippen molar-refractivity contribution < 1.29 is 4.74 Å². The predicted molar refractivity (Wildman–Crippen MR) is 63.7 cm³/mol. The van der Waals surface area contributed by atoms with Crippen LogP contribution in [0.1, 0.15) is 72.6 Å². The summed E-state index contributed by atoms with van der Waals surface area (Å²) in [5, 5.41) is 0. The second kappa shape index (κ2) is 8.28. The molecule has 0 unspecified atom stereocenters. The Morgan fingerprint density at radius 3 is 1.93 bits per heavy atom. The van der Waals surface area contributed by atoms with E-state index in [9.17, 15) is 0 Å². The third kappa shape index (κ3) is 4.99. The number of unbranched alkanes of at least 4 members (excludes halogenated alkanes) is 3. The Kier molecular flexibility index (Phi) is 8.26. The van der Waals surface area contributed by atoms with Gasteiger partial charge in [-0.3, -0.25) is 0 Å². The van der Waals surface area contributed by atoms with Crippen molar-refractivity contribution in [3.05, 3.63) is 0 Å². The van der Waals surface area contributed by atoms with Gasteiger partial charge in [-0.2, -0.15) is 0 Å². The summed E-state index contributed by atoms with van der Waals surface area (Å²) in [6.45, 7) is 9.72. The monoisotopic (exact) mass is 200 g/mol. The van der Waals surface area contributed by atoms with Gasteiger partial charge in [-0.05, 0) is 26.2 Å². The van der Waals surface area contributed by atoms with Gasteiger partial charge in [0.25, 0.3) is 0 Å². The average Bonchev–Trinajstić information content (AvgIpc) is 2.23. The van der Waals surface area contributed by atoms with Crippen molar-refractivity contribution in [1.82, 2.24) is 0 Å². The topological polar surface area (TPSA) is 9.23 Å². The minimum atomic E-state index is 0.183. The lowest BCUT2D eigenvalue weighted by molar-refractivity contribution is -0.0527. The van der Waals surface area contributed by atoms with E-state index >= 15 is 0 Å². The summed E-state index contributed by atoms with van der Waals surface area (Å²) in [4.78, 5) is 0. The molecule has 0 heterocycles. The van der Waals surface area contributed by atoms with E-state index in [0.717, 1.165) is 19.4 Å². The highest BCUT2D eigenvalue weighted by Gasteiger charge is 2.25. The minimum absolute atomic E-state index is 0.183. The van der Waals surface area contributed by atoms with Crippen molar-refractivity contribution in [2.24, 2.45) is 0 Å². The predicted octanol–water partition coefficient (Wildman–Crippen LogP) is 4.55. The molecular formula is C13H28O. The molecule has 0 amide bonds. The summed E-state index contributed by atoms with van der Waals surface area (Å²) < 4.78 is 5.91. The highest BCUT2D eigenvalue weighted by Crippen LogP contribution is 2.27. The summed E-state index contributed by atoms with van der Waals surface area (Å²) in [6, 6.07) is 0. The number of ether oxygens (including phenoxy) is 1. The zero-order valence-electron chi connectivity index (χ0n) is 10.6. The van der Waals surface area contributed by atoms with Gasteiger partial charge in [0.05, 0.1) is 5.60 Å². The molecule has 0 fully saturated rings. The Morgan fingerprint density at radius 2 is 1.50 bits per heavy atom. The summed E-state index contributed by atoms with van der Waals surface area (Å²) in [5.74, 6) is 0. The van der Waals surface area contributed by atoms with Gasteiger partial charge < -0.3 is 4.74 Å². The second-order valence-electron chi connectivity index (χ2n) is 4.13. The van der Waals surface area contributed by atoms with Crippen LogP contribution >= 0.6 is 0 Å². The molecule has 0 aliphatic carbocycles.